The minimum atomic E-state index is -4.38. The Hall–Kier alpha value is -1.27. The number of fused-ring (bicyclic) bond motifs is 1. The number of aliphatic carboxylic acids is 1. The van der Waals surface area contributed by atoms with E-state index in [0.717, 1.165) is 24.2 Å². The van der Waals surface area contributed by atoms with Gasteiger partial charge >= 0.3 is 12.1 Å². The van der Waals surface area contributed by atoms with Crippen LogP contribution in [-0.4, -0.2) is 40.6 Å². The minimum Gasteiger partial charge on any atom is -0.480 e. The first-order chi connectivity index (χ1) is 8.79. The van der Waals surface area contributed by atoms with Crippen molar-refractivity contribution < 1.29 is 27.9 Å². The van der Waals surface area contributed by atoms with Crippen molar-refractivity contribution in [3.8, 4) is 0 Å². The van der Waals surface area contributed by atoms with Crippen molar-refractivity contribution in [2.75, 3.05) is 6.54 Å². The molecule has 3 unspecified atom stereocenters. The van der Waals surface area contributed by atoms with Crippen LogP contribution < -0.4 is 0 Å². The number of rotatable bonds is 3. The van der Waals surface area contributed by atoms with E-state index in [4.69, 9.17) is 0 Å². The Morgan fingerprint density at radius 1 is 1.26 bits per heavy atom. The number of carbonyl (C=O) groups is 2. The van der Waals surface area contributed by atoms with Gasteiger partial charge in [-0.1, -0.05) is 6.42 Å². The van der Waals surface area contributed by atoms with Gasteiger partial charge in [0.15, 0.2) is 0 Å². The number of carboxylic acid groups (broad SMARTS) is 1. The lowest BCUT2D eigenvalue weighted by molar-refractivity contribution is -0.155. The van der Waals surface area contributed by atoms with Crippen LogP contribution in [0.15, 0.2) is 0 Å². The highest BCUT2D eigenvalue weighted by Gasteiger charge is 2.49. The Bertz CT molecular complexity index is 383. The van der Waals surface area contributed by atoms with E-state index >= 15 is 0 Å². The van der Waals surface area contributed by atoms with Crippen LogP contribution in [0, 0.1) is 11.8 Å². The van der Waals surface area contributed by atoms with Gasteiger partial charge in [0.25, 0.3) is 0 Å². The summed E-state index contributed by atoms with van der Waals surface area (Å²) in [6.45, 7) is 0.290. The number of hydrogen-bond donors (Lipinski definition) is 1. The molecule has 19 heavy (non-hydrogen) atoms. The summed E-state index contributed by atoms with van der Waals surface area (Å²) < 4.78 is 36.3. The molecule has 1 N–H and O–H groups in total. The number of likely N-dealkylation sites (tertiary alicyclic amines) is 1. The van der Waals surface area contributed by atoms with E-state index in [2.05, 4.69) is 0 Å². The van der Waals surface area contributed by atoms with Gasteiger partial charge in [-0.3, -0.25) is 4.79 Å². The van der Waals surface area contributed by atoms with E-state index in [1.54, 1.807) is 0 Å². The van der Waals surface area contributed by atoms with Gasteiger partial charge in [0.1, 0.15) is 6.04 Å². The fourth-order valence-electron chi connectivity index (χ4n) is 3.27. The Morgan fingerprint density at radius 2 is 1.95 bits per heavy atom. The fraction of sp³-hybridized carbons (Fsp3) is 0.833. The molecule has 0 aromatic rings. The Kier molecular flexibility index (Phi) is 3.73. The molecule has 0 spiro atoms. The number of amides is 1. The third-order valence-corrected chi connectivity index (χ3v) is 4.09. The smallest absolute Gasteiger partial charge is 0.389 e. The first-order valence-electron chi connectivity index (χ1n) is 6.38. The maximum atomic E-state index is 12.1. The van der Waals surface area contributed by atoms with Crippen LogP contribution >= 0.6 is 0 Å². The zero-order valence-electron chi connectivity index (χ0n) is 10.3. The monoisotopic (exact) mass is 279 g/mol. The van der Waals surface area contributed by atoms with E-state index in [9.17, 15) is 27.9 Å². The van der Waals surface area contributed by atoms with Crippen molar-refractivity contribution in [3.63, 3.8) is 0 Å². The second kappa shape index (κ2) is 5.02. The molecule has 0 aromatic carbocycles. The average Bonchev–Trinajstić information content (AvgIpc) is 2.82. The van der Waals surface area contributed by atoms with Crippen LogP contribution in [0.25, 0.3) is 0 Å². The van der Waals surface area contributed by atoms with Crippen molar-refractivity contribution in [3.05, 3.63) is 0 Å². The molecule has 0 bridgehead atoms. The minimum absolute atomic E-state index is 0.0904. The fourth-order valence-corrected chi connectivity index (χ4v) is 3.27. The maximum absolute atomic E-state index is 12.1. The molecule has 2 rings (SSSR count). The third-order valence-electron chi connectivity index (χ3n) is 4.09. The summed E-state index contributed by atoms with van der Waals surface area (Å²) in [6, 6.07) is -0.937. The van der Waals surface area contributed by atoms with E-state index in [1.807, 2.05) is 0 Å². The highest BCUT2D eigenvalue weighted by Crippen LogP contribution is 2.42. The number of carbonyl (C=O) groups excluding carboxylic acids is 1. The maximum Gasteiger partial charge on any atom is 0.389 e. The van der Waals surface area contributed by atoms with Crippen LogP contribution in [0.3, 0.4) is 0 Å². The first-order valence-corrected chi connectivity index (χ1v) is 6.38. The van der Waals surface area contributed by atoms with Crippen LogP contribution in [0.5, 0.6) is 0 Å². The molecule has 1 aliphatic heterocycles. The summed E-state index contributed by atoms with van der Waals surface area (Å²) in [6.07, 6.45) is -3.70. The van der Waals surface area contributed by atoms with E-state index in [1.165, 1.54) is 0 Å². The predicted octanol–water partition coefficient (Wildman–Crippen LogP) is 2.04. The number of hydrogen-bond acceptors (Lipinski definition) is 2. The van der Waals surface area contributed by atoms with Gasteiger partial charge in [-0.2, -0.15) is 13.2 Å². The first kappa shape index (κ1) is 14.1. The van der Waals surface area contributed by atoms with Crippen molar-refractivity contribution in [2.24, 2.45) is 11.8 Å². The second-order valence-electron chi connectivity index (χ2n) is 5.30. The van der Waals surface area contributed by atoms with Crippen molar-refractivity contribution in [1.82, 2.24) is 4.90 Å². The molecule has 1 amide bonds. The highest BCUT2D eigenvalue weighted by molar-refractivity contribution is 5.84. The van der Waals surface area contributed by atoms with Crippen LogP contribution in [0.4, 0.5) is 13.2 Å². The summed E-state index contributed by atoms with van der Waals surface area (Å²) in [7, 11) is 0. The molecule has 2 aliphatic rings. The molecule has 108 valence electrons. The second-order valence-corrected chi connectivity index (χ2v) is 5.30. The molecule has 1 saturated carbocycles. The van der Waals surface area contributed by atoms with Crippen LogP contribution in [0.1, 0.15) is 32.1 Å². The largest absolute Gasteiger partial charge is 0.480 e. The molecule has 0 aromatic heterocycles. The topological polar surface area (TPSA) is 57.6 Å². The van der Waals surface area contributed by atoms with Crippen LogP contribution in [-0.2, 0) is 9.59 Å². The Labute approximate surface area is 108 Å². The van der Waals surface area contributed by atoms with Crippen molar-refractivity contribution in [1.29, 1.82) is 0 Å². The molecule has 2 fully saturated rings. The van der Waals surface area contributed by atoms with E-state index in [-0.39, 0.29) is 11.8 Å². The van der Waals surface area contributed by atoms with Gasteiger partial charge in [0, 0.05) is 13.0 Å². The van der Waals surface area contributed by atoms with Gasteiger partial charge < -0.3 is 10.0 Å². The highest BCUT2D eigenvalue weighted by atomic mass is 19.4. The Balaban J connectivity index is 2.02. The molecule has 4 nitrogen and oxygen atoms in total. The van der Waals surface area contributed by atoms with Gasteiger partial charge in [-0.05, 0) is 24.7 Å². The number of halogens is 3. The molecule has 1 heterocycles. The van der Waals surface area contributed by atoms with Gasteiger partial charge in [-0.25, -0.2) is 4.79 Å². The summed E-state index contributed by atoms with van der Waals surface area (Å²) in [5.74, 6) is -1.75. The van der Waals surface area contributed by atoms with Crippen LogP contribution in [0.2, 0.25) is 0 Å². The summed E-state index contributed by atoms with van der Waals surface area (Å²) in [4.78, 5) is 24.2. The molecule has 3 atom stereocenters. The number of alkyl halides is 3. The zero-order valence-corrected chi connectivity index (χ0v) is 10.3. The summed E-state index contributed by atoms with van der Waals surface area (Å²) in [5, 5.41) is 9.19. The van der Waals surface area contributed by atoms with Gasteiger partial charge in [0.2, 0.25) is 5.91 Å². The molecular weight excluding hydrogens is 263 g/mol. The third kappa shape index (κ3) is 3.01. The molecular formula is C12H16F3NO3. The molecule has 1 saturated heterocycles. The average molecular weight is 279 g/mol. The van der Waals surface area contributed by atoms with Crippen molar-refractivity contribution in [2.45, 2.75) is 44.3 Å². The zero-order chi connectivity index (χ0) is 14.2. The summed E-state index contributed by atoms with van der Waals surface area (Å²) >= 11 is 0. The molecule has 7 heteroatoms. The lowest BCUT2D eigenvalue weighted by Crippen LogP contribution is -2.43. The predicted molar refractivity (Wildman–Crippen MR) is 59.3 cm³/mol. The van der Waals surface area contributed by atoms with E-state index in [0.29, 0.717) is 6.54 Å². The molecule has 1 aliphatic carbocycles. The standard InChI is InChI=1S/C12H16F3NO3/c13-12(14,15)5-4-9(17)16-6-7-2-1-3-8(7)10(16)11(18)19/h7-8,10H,1-6H2,(H,18,19). The van der Waals surface area contributed by atoms with Gasteiger partial charge in [0.05, 0.1) is 6.42 Å². The number of carboxylic acids is 1. The molecule has 0 radical (unpaired) electrons. The van der Waals surface area contributed by atoms with E-state index < -0.39 is 36.9 Å². The van der Waals surface area contributed by atoms with Gasteiger partial charge in [-0.15, -0.1) is 0 Å². The summed E-state index contributed by atoms with van der Waals surface area (Å²) in [5.41, 5.74) is 0. The number of nitrogens with zero attached hydrogens (tertiary/aromatic N) is 1. The van der Waals surface area contributed by atoms with Crippen molar-refractivity contribution >= 4 is 11.9 Å². The lowest BCUT2D eigenvalue weighted by atomic mass is 9.94. The lowest BCUT2D eigenvalue weighted by Gasteiger charge is -2.24. The normalized spacial score (nSPS) is 30.5. The quantitative estimate of drug-likeness (QED) is 0.860. The Morgan fingerprint density at radius 3 is 2.53 bits per heavy atom. The SMILES string of the molecule is O=C(O)C1C2CCCC2CN1C(=O)CCC(F)(F)F.